The van der Waals surface area contributed by atoms with E-state index in [0.717, 1.165) is 25.2 Å². The van der Waals surface area contributed by atoms with E-state index in [2.05, 4.69) is 30.1 Å². The maximum atomic E-state index is 12.6. The first kappa shape index (κ1) is 22.5. The first-order valence-electron chi connectivity index (χ1n) is 10.2. The first-order valence-corrected chi connectivity index (χ1v) is 12.2. The molecule has 2 atom stereocenters. The molecule has 0 saturated carbocycles. The van der Waals surface area contributed by atoms with Crippen molar-refractivity contribution in [1.82, 2.24) is 10.2 Å². The number of hydrogen-bond donors (Lipinski definition) is 1. The summed E-state index contributed by atoms with van der Waals surface area (Å²) in [5, 5.41) is 2.97. The van der Waals surface area contributed by atoms with Crippen molar-refractivity contribution in [3.63, 3.8) is 0 Å². The van der Waals surface area contributed by atoms with Crippen molar-refractivity contribution in [3.05, 3.63) is 70.8 Å². The van der Waals surface area contributed by atoms with Crippen LogP contribution >= 0.6 is 0 Å². The Bertz CT molecular complexity index is 980. The molecule has 1 amide bonds. The molecule has 1 saturated heterocycles. The summed E-state index contributed by atoms with van der Waals surface area (Å²) in [7, 11) is -3.15. The Balaban J connectivity index is 1.65. The number of amides is 1. The second-order valence-electron chi connectivity index (χ2n) is 8.17. The zero-order valence-electron chi connectivity index (χ0n) is 17.8. The van der Waals surface area contributed by atoms with Gasteiger partial charge in [-0.1, -0.05) is 36.4 Å². The summed E-state index contributed by atoms with van der Waals surface area (Å²) in [6.07, 6.45) is 1.60. The average molecular weight is 431 g/mol. The molecular weight excluding hydrogens is 400 g/mol. The number of carbonyl (C=O) groups excluding carboxylic acids is 1. The maximum absolute atomic E-state index is 12.6. The number of nitrogens with zero attached hydrogens (tertiary/aromatic N) is 1. The summed E-state index contributed by atoms with van der Waals surface area (Å²) in [5.74, 6) is -0.290. The monoisotopic (exact) mass is 430 g/mol. The van der Waals surface area contributed by atoms with Crippen LogP contribution in [0.5, 0.6) is 0 Å². The van der Waals surface area contributed by atoms with Gasteiger partial charge in [0.15, 0.2) is 9.84 Å². The molecule has 0 spiro atoms. The molecule has 0 aromatic heterocycles. The minimum atomic E-state index is -3.15. The molecule has 30 heavy (non-hydrogen) atoms. The third kappa shape index (κ3) is 6.65. The zero-order chi connectivity index (χ0) is 21.7. The van der Waals surface area contributed by atoms with E-state index in [1.165, 1.54) is 11.8 Å². The quantitative estimate of drug-likeness (QED) is 0.731. The van der Waals surface area contributed by atoms with Crippen molar-refractivity contribution in [1.29, 1.82) is 0 Å². The van der Waals surface area contributed by atoms with Gasteiger partial charge < -0.3 is 10.1 Å². The number of ether oxygens (including phenoxy) is 1. The van der Waals surface area contributed by atoms with E-state index in [1.54, 1.807) is 24.3 Å². The van der Waals surface area contributed by atoms with Crippen molar-refractivity contribution in [2.45, 2.75) is 44.9 Å². The standard InChI is InChI=1S/C23H30N2O4S/c1-17-13-25(14-18(2)29-17)15-22-9-5-4-8-21(22)12-24-23(26)20-10-6-7-19(11-20)16-30(3,27)28/h4-11,17-18H,12-16H2,1-3H3,(H,24,26). The van der Waals surface area contributed by atoms with Gasteiger partial charge in [0.25, 0.3) is 5.91 Å². The van der Waals surface area contributed by atoms with E-state index in [0.29, 0.717) is 17.7 Å². The van der Waals surface area contributed by atoms with Gasteiger partial charge in [-0.25, -0.2) is 8.42 Å². The lowest BCUT2D eigenvalue weighted by Gasteiger charge is -2.35. The highest BCUT2D eigenvalue weighted by molar-refractivity contribution is 7.89. The van der Waals surface area contributed by atoms with E-state index < -0.39 is 9.84 Å². The van der Waals surface area contributed by atoms with Gasteiger partial charge >= 0.3 is 0 Å². The van der Waals surface area contributed by atoms with Gasteiger partial charge in [0.1, 0.15) is 0 Å². The number of carbonyl (C=O) groups is 1. The molecule has 2 unspecified atom stereocenters. The Morgan fingerprint density at radius 1 is 1.07 bits per heavy atom. The van der Waals surface area contributed by atoms with Crippen LogP contribution in [0.15, 0.2) is 48.5 Å². The molecular formula is C23H30N2O4S. The SMILES string of the molecule is CC1CN(Cc2ccccc2CNC(=O)c2cccc(CS(C)(=O)=O)c2)CC(C)O1. The van der Waals surface area contributed by atoms with E-state index in [9.17, 15) is 13.2 Å². The Hall–Kier alpha value is -2.22. The van der Waals surface area contributed by atoms with Crippen LogP contribution in [-0.2, 0) is 33.4 Å². The van der Waals surface area contributed by atoms with Crippen LogP contribution in [0.3, 0.4) is 0 Å². The highest BCUT2D eigenvalue weighted by atomic mass is 32.2. The third-order valence-electron chi connectivity index (χ3n) is 5.06. The van der Waals surface area contributed by atoms with Gasteiger partial charge in [0.05, 0.1) is 18.0 Å². The number of nitrogens with one attached hydrogen (secondary N) is 1. The van der Waals surface area contributed by atoms with Crippen molar-refractivity contribution >= 4 is 15.7 Å². The molecule has 2 aromatic carbocycles. The molecule has 6 nitrogen and oxygen atoms in total. The molecule has 2 aromatic rings. The van der Waals surface area contributed by atoms with E-state index in [4.69, 9.17) is 4.74 Å². The Morgan fingerprint density at radius 3 is 2.40 bits per heavy atom. The summed E-state index contributed by atoms with van der Waals surface area (Å²) in [6, 6.07) is 14.9. The van der Waals surface area contributed by atoms with Crippen LogP contribution in [0.1, 0.15) is 40.9 Å². The predicted molar refractivity (Wildman–Crippen MR) is 118 cm³/mol. The minimum absolute atomic E-state index is 0.0760. The predicted octanol–water partition coefficient (Wildman–Crippen LogP) is 2.77. The summed E-state index contributed by atoms with van der Waals surface area (Å²) in [4.78, 5) is 15.0. The van der Waals surface area contributed by atoms with Gasteiger partial charge in [-0.15, -0.1) is 0 Å². The third-order valence-corrected chi connectivity index (χ3v) is 5.92. The molecule has 0 bridgehead atoms. The summed E-state index contributed by atoms with van der Waals surface area (Å²) < 4.78 is 28.9. The highest BCUT2D eigenvalue weighted by Gasteiger charge is 2.22. The molecule has 0 radical (unpaired) electrons. The Labute approximate surface area is 179 Å². The van der Waals surface area contributed by atoms with Gasteiger partial charge in [0, 0.05) is 38.0 Å². The lowest BCUT2D eigenvalue weighted by molar-refractivity contribution is -0.0705. The molecule has 7 heteroatoms. The van der Waals surface area contributed by atoms with E-state index in [1.807, 2.05) is 18.2 Å². The lowest BCUT2D eigenvalue weighted by Crippen LogP contribution is -2.45. The van der Waals surface area contributed by atoms with E-state index >= 15 is 0 Å². The van der Waals surface area contributed by atoms with Crippen molar-refractivity contribution in [2.75, 3.05) is 19.3 Å². The number of sulfone groups is 1. The highest BCUT2D eigenvalue weighted by Crippen LogP contribution is 2.17. The van der Waals surface area contributed by atoms with Crippen LogP contribution in [0.25, 0.3) is 0 Å². The zero-order valence-corrected chi connectivity index (χ0v) is 18.6. The van der Waals surface area contributed by atoms with Crippen LogP contribution in [0.4, 0.5) is 0 Å². The van der Waals surface area contributed by atoms with Crippen molar-refractivity contribution < 1.29 is 17.9 Å². The largest absolute Gasteiger partial charge is 0.373 e. The normalized spacial score (nSPS) is 20.1. The molecule has 3 rings (SSSR count). The lowest BCUT2D eigenvalue weighted by atomic mass is 10.1. The van der Waals surface area contributed by atoms with E-state index in [-0.39, 0.29) is 23.9 Å². The molecule has 162 valence electrons. The maximum Gasteiger partial charge on any atom is 0.251 e. The fourth-order valence-electron chi connectivity index (χ4n) is 3.92. The Morgan fingerprint density at radius 2 is 1.73 bits per heavy atom. The van der Waals surface area contributed by atoms with Crippen LogP contribution < -0.4 is 5.32 Å². The van der Waals surface area contributed by atoms with Crippen LogP contribution in [0.2, 0.25) is 0 Å². The van der Waals surface area contributed by atoms with Gasteiger partial charge in [-0.2, -0.15) is 0 Å². The molecule has 1 heterocycles. The molecule has 1 aliphatic heterocycles. The summed E-state index contributed by atoms with van der Waals surface area (Å²) >= 11 is 0. The van der Waals surface area contributed by atoms with Gasteiger partial charge in [-0.3, -0.25) is 9.69 Å². The number of morpholine rings is 1. The fraction of sp³-hybridized carbons (Fsp3) is 0.435. The van der Waals surface area contributed by atoms with Crippen molar-refractivity contribution in [3.8, 4) is 0 Å². The van der Waals surface area contributed by atoms with Gasteiger partial charge in [0.2, 0.25) is 0 Å². The van der Waals surface area contributed by atoms with Crippen LogP contribution in [0, 0.1) is 0 Å². The minimum Gasteiger partial charge on any atom is -0.373 e. The second-order valence-corrected chi connectivity index (χ2v) is 10.3. The molecule has 1 aliphatic rings. The molecule has 1 fully saturated rings. The number of rotatable bonds is 7. The van der Waals surface area contributed by atoms with Crippen molar-refractivity contribution in [2.24, 2.45) is 0 Å². The fourth-order valence-corrected chi connectivity index (χ4v) is 4.71. The first-order chi connectivity index (χ1) is 14.2. The Kier molecular flexibility index (Phi) is 7.28. The smallest absolute Gasteiger partial charge is 0.251 e. The molecule has 0 aliphatic carbocycles. The average Bonchev–Trinajstić information content (AvgIpc) is 2.65. The molecule has 1 N–H and O–H groups in total. The second kappa shape index (κ2) is 9.73. The number of hydrogen-bond acceptors (Lipinski definition) is 5. The van der Waals surface area contributed by atoms with Gasteiger partial charge in [-0.05, 0) is 42.7 Å². The topological polar surface area (TPSA) is 75.7 Å². The van der Waals surface area contributed by atoms with Crippen LogP contribution in [-0.4, -0.2) is 50.8 Å². The summed E-state index contributed by atoms with van der Waals surface area (Å²) in [5.41, 5.74) is 3.33. The summed E-state index contributed by atoms with van der Waals surface area (Å²) in [6.45, 7) is 7.18. The number of benzene rings is 2.